The summed E-state index contributed by atoms with van der Waals surface area (Å²) in [7, 11) is 1.63. The van der Waals surface area contributed by atoms with E-state index in [-0.39, 0.29) is 29.2 Å². The molecule has 1 aromatic rings. The average Bonchev–Trinajstić information content (AvgIpc) is 2.79. The minimum absolute atomic E-state index is 0.0217. The molecule has 1 aromatic carbocycles. The van der Waals surface area contributed by atoms with Crippen LogP contribution in [0, 0.1) is 0 Å². The molecule has 18 heavy (non-hydrogen) atoms. The van der Waals surface area contributed by atoms with Gasteiger partial charge in [-0.25, -0.2) is 0 Å². The third-order valence-corrected chi connectivity index (χ3v) is 3.30. The number of carbonyl (C=O) groups is 1. The first-order valence-electron chi connectivity index (χ1n) is 5.97. The van der Waals surface area contributed by atoms with Gasteiger partial charge in [0, 0.05) is 7.11 Å². The molecule has 2 atom stereocenters. The van der Waals surface area contributed by atoms with Gasteiger partial charge in [-0.2, -0.15) is 0 Å². The molecule has 3 N–H and O–H groups in total. The van der Waals surface area contributed by atoms with Crippen molar-refractivity contribution in [1.82, 2.24) is 5.32 Å². The van der Waals surface area contributed by atoms with Gasteiger partial charge in [0.2, 0.25) is 0 Å². The van der Waals surface area contributed by atoms with Gasteiger partial charge in [0.05, 0.1) is 17.7 Å². The zero-order valence-corrected chi connectivity index (χ0v) is 10.2. The Labute approximate surface area is 105 Å². The highest BCUT2D eigenvalue weighted by Crippen LogP contribution is 2.25. The summed E-state index contributed by atoms with van der Waals surface area (Å²) in [5, 5.41) is 21.8. The molecule has 5 heteroatoms. The summed E-state index contributed by atoms with van der Waals surface area (Å²) in [4.78, 5) is 12.0. The van der Waals surface area contributed by atoms with E-state index in [0.29, 0.717) is 0 Å². The number of hydrogen-bond donors (Lipinski definition) is 3. The molecular formula is C13H17NO4. The Bertz CT molecular complexity index is 447. The van der Waals surface area contributed by atoms with Crippen molar-refractivity contribution in [3.8, 4) is 11.5 Å². The first-order valence-corrected chi connectivity index (χ1v) is 5.97. The topological polar surface area (TPSA) is 78.8 Å². The van der Waals surface area contributed by atoms with E-state index in [0.717, 1.165) is 19.3 Å². The van der Waals surface area contributed by atoms with Gasteiger partial charge in [-0.3, -0.25) is 4.79 Å². The lowest BCUT2D eigenvalue weighted by Crippen LogP contribution is -2.40. The number of hydrogen-bond acceptors (Lipinski definition) is 4. The van der Waals surface area contributed by atoms with Crippen molar-refractivity contribution >= 4 is 5.91 Å². The number of aromatic hydroxyl groups is 2. The number of carbonyl (C=O) groups excluding carboxylic acids is 1. The van der Waals surface area contributed by atoms with Crippen LogP contribution in [0.25, 0.3) is 0 Å². The van der Waals surface area contributed by atoms with Crippen molar-refractivity contribution in [1.29, 1.82) is 0 Å². The van der Waals surface area contributed by atoms with Crippen LogP contribution in [0.5, 0.6) is 11.5 Å². The Balaban J connectivity index is 2.09. The molecule has 0 radical (unpaired) electrons. The Morgan fingerprint density at radius 3 is 2.89 bits per heavy atom. The van der Waals surface area contributed by atoms with Crippen LogP contribution in [0.15, 0.2) is 18.2 Å². The first-order chi connectivity index (χ1) is 8.61. The molecule has 2 unspecified atom stereocenters. The lowest BCUT2D eigenvalue weighted by atomic mass is 10.1. The van der Waals surface area contributed by atoms with Gasteiger partial charge in [-0.1, -0.05) is 0 Å². The van der Waals surface area contributed by atoms with E-state index in [9.17, 15) is 15.0 Å². The number of ether oxygens (including phenoxy) is 1. The van der Waals surface area contributed by atoms with Crippen LogP contribution in [0.4, 0.5) is 0 Å². The molecule has 0 aliphatic heterocycles. The number of benzene rings is 1. The zero-order valence-electron chi connectivity index (χ0n) is 10.2. The smallest absolute Gasteiger partial charge is 0.255 e. The zero-order chi connectivity index (χ0) is 13.1. The standard InChI is InChI=1S/C13H17NO4/c1-18-12-4-2-3-10(12)14-13(17)9-7-8(15)5-6-11(9)16/h5-7,10,12,15-16H,2-4H2,1H3,(H,14,17). The van der Waals surface area contributed by atoms with Crippen LogP contribution in [-0.4, -0.2) is 35.4 Å². The SMILES string of the molecule is COC1CCCC1NC(=O)c1cc(O)ccc1O. The highest BCUT2D eigenvalue weighted by atomic mass is 16.5. The van der Waals surface area contributed by atoms with E-state index in [1.165, 1.54) is 18.2 Å². The molecule has 1 amide bonds. The molecule has 98 valence electrons. The monoisotopic (exact) mass is 251 g/mol. The van der Waals surface area contributed by atoms with E-state index in [1.54, 1.807) is 7.11 Å². The summed E-state index contributed by atoms with van der Waals surface area (Å²) >= 11 is 0. The Morgan fingerprint density at radius 2 is 2.17 bits per heavy atom. The summed E-state index contributed by atoms with van der Waals surface area (Å²) < 4.78 is 5.29. The van der Waals surface area contributed by atoms with Gasteiger partial charge < -0.3 is 20.3 Å². The number of amides is 1. The summed E-state index contributed by atoms with van der Waals surface area (Å²) in [6.45, 7) is 0. The molecule has 0 spiro atoms. The second-order valence-electron chi connectivity index (χ2n) is 4.49. The van der Waals surface area contributed by atoms with E-state index in [1.807, 2.05) is 0 Å². The highest BCUT2D eigenvalue weighted by molar-refractivity contribution is 5.97. The van der Waals surface area contributed by atoms with Crippen LogP contribution in [0.3, 0.4) is 0 Å². The molecule has 1 saturated carbocycles. The van der Waals surface area contributed by atoms with Crippen molar-refractivity contribution in [3.63, 3.8) is 0 Å². The van der Waals surface area contributed by atoms with Crippen molar-refractivity contribution in [2.75, 3.05) is 7.11 Å². The summed E-state index contributed by atoms with van der Waals surface area (Å²) in [6, 6.07) is 3.84. The van der Waals surface area contributed by atoms with Crippen molar-refractivity contribution < 1.29 is 19.7 Å². The molecule has 0 saturated heterocycles. The van der Waals surface area contributed by atoms with Crippen LogP contribution in [0.2, 0.25) is 0 Å². The van der Waals surface area contributed by atoms with E-state index in [4.69, 9.17) is 4.74 Å². The lowest BCUT2D eigenvalue weighted by Gasteiger charge is -2.19. The predicted molar refractivity (Wildman–Crippen MR) is 65.7 cm³/mol. The first kappa shape index (κ1) is 12.7. The van der Waals surface area contributed by atoms with Crippen LogP contribution in [-0.2, 0) is 4.74 Å². The third-order valence-electron chi connectivity index (χ3n) is 3.30. The number of nitrogens with one attached hydrogen (secondary N) is 1. The van der Waals surface area contributed by atoms with E-state index >= 15 is 0 Å². The minimum Gasteiger partial charge on any atom is -0.508 e. The fourth-order valence-electron chi connectivity index (χ4n) is 2.33. The molecule has 0 heterocycles. The largest absolute Gasteiger partial charge is 0.508 e. The van der Waals surface area contributed by atoms with E-state index < -0.39 is 5.91 Å². The molecule has 1 aliphatic rings. The van der Waals surface area contributed by atoms with Crippen molar-refractivity contribution in [3.05, 3.63) is 23.8 Å². The molecule has 1 fully saturated rings. The van der Waals surface area contributed by atoms with Gasteiger partial charge in [0.1, 0.15) is 11.5 Å². The average molecular weight is 251 g/mol. The molecular weight excluding hydrogens is 234 g/mol. The summed E-state index contributed by atoms with van der Waals surface area (Å²) in [5.74, 6) is -0.581. The summed E-state index contributed by atoms with van der Waals surface area (Å²) in [5.41, 5.74) is 0.0803. The number of phenolic OH excluding ortho intramolecular Hbond substituents is 2. The Hall–Kier alpha value is -1.75. The normalized spacial score (nSPS) is 22.9. The highest BCUT2D eigenvalue weighted by Gasteiger charge is 2.29. The van der Waals surface area contributed by atoms with Crippen molar-refractivity contribution in [2.24, 2.45) is 0 Å². The number of methoxy groups -OCH3 is 1. The fraction of sp³-hybridized carbons (Fsp3) is 0.462. The molecule has 1 aliphatic carbocycles. The third kappa shape index (κ3) is 2.56. The second kappa shape index (κ2) is 5.27. The van der Waals surface area contributed by atoms with Gasteiger partial charge in [-0.05, 0) is 37.5 Å². The fourth-order valence-corrected chi connectivity index (χ4v) is 2.33. The minimum atomic E-state index is -0.391. The van der Waals surface area contributed by atoms with Gasteiger partial charge >= 0.3 is 0 Å². The molecule has 2 rings (SSSR count). The quantitative estimate of drug-likeness (QED) is 0.709. The van der Waals surface area contributed by atoms with Gasteiger partial charge in [-0.15, -0.1) is 0 Å². The van der Waals surface area contributed by atoms with Crippen molar-refractivity contribution in [2.45, 2.75) is 31.4 Å². The van der Waals surface area contributed by atoms with E-state index in [2.05, 4.69) is 5.32 Å². The number of phenols is 2. The maximum Gasteiger partial charge on any atom is 0.255 e. The predicted octanol–water partition coefficient (Wildman–Crippen LogP) is 1.40. The van der Waals surface area contributed by atoms with Crippen LogP contribution in [0.1, 0.15) is 29.6 Å². The lowest BCUT2D eigenvalue weighted by molar-refractivity contribution is 0.0720. The molecule has 0 bridgehead atoms. The summed E-state index contributed by atoms with van der Waals surface area (Å²) in [6.07, 6.45) is 2.82. The second-order valence-corrected chi connectivity index (χ2v) is 4.49. The Kier molecular flexibility index (Phi) is 3.72. The number of rotatable bonds is 3. The van der Waals surface area contributed by atoms with Crippen LogP contribution >= 0.6 is 0 Å². The Morgan fingerprint density at radius 1 is 1.39 bits per heavy atom. The van der Waals surface area contributed by atoms with Crippen LogP contribution < -0.4 is 5.32 Å². The molecule has 0 aromatic heterocycles. The maximum absolute atomic E-state index is 12.0. The van der Waals surface area contributed by atoms with Gasteiger partial charge in [0.25, 0.3) is 5.91 Å². The molecule has 5 nitrogen and oxygen atoms in total. The van der Waals surface area contributed by atoms with Gasteiger partial charge in [0.15, 0.2) is 0 Å². The maximum atomic E-state index is 12.0.